The highest BCUT2D eigenvalue weighted by atomic mass is 16.6. The molecule has 11 heteroatoms. The zero-order valence-electron chi connectivity index (χ0n) is 25.6. The van der Waals surface area contributed by atoms with Gasteiger partial charge in [0, 0.05) is 13.2 Å². The molecule has 0 saturated carbocycles. The Morgan fingerprint density at radius 1 is 0.548 bits per heavy atom. The van der Waals surface area contributed by atoms with Gasteiger partial charge in [0.2, 0.25) is 0 Å². The van der Waals surface area contributed by atoms with Crippen LogP contribution in [0.3, 0.4) is 0 Å². The van der Waals surface area contributed by atoms with Crippen LogP contribution in [0.4, 0.5) is 0 Å². The van der Waals surface area contributed by atoms with Crippen molar-refractivity contribution in [2.24, 2.45) is 5.41 Å². The molecular formula is C31H50O11. The molecule has 0 spiro atoms. The van der Waals surface area contributed by atoms with Gasteiger partial charge in [-0.3, -0.25) is 14.4 Å². The molecule has 1 rings (SSSR count). The quantitative estimate of drug-likeness (QED) is 0.0832. The zero-order valence-corrected chi connectivity index (χ0v) is 25.6. The van der Waals surface area contributed by atoms with Crippen molar-refractivity contribution in [3.63, 3.8) is 0 Å². The van der Waals surface area contributed by atoms with Crippen molar-refractivity contribution in [2.45, 2.75) is 59.5 Å². The van der Waals surface area contributed by atoms with E-state index in [1.54, 1.807) is 20.8 Å². The summed E-state index contributed by atoms with van der Waals surface area (Å²) in [4.78, 5) is 35.2. The summed E-state index contributed by atoms with van der Waals surface area (Å²) in [6.45, 7) is 9.07. The molecule has 0 saturated heterocycles. The second-order valence-corrected chi connectivity index (χ2v) is 9.62. The lowest BCUT2D eigenvalue weighted by atomic mass is 9.92. The first kappa shape index (κ1) is 37.5. The van der Waals surface area contributed by atoms with E-state index in [1.165, 1.54) is 0 Å². The lowest BCUT2D eigenvalue weighted by Crippen LogP contribution is -2.42. The van der Waals surface area contributed by atoms with Crippen molar-refractivity contribution in [1.29, 1.82) is 0 Å². The largest absolute Gasteiger partial charge is 0.466 e. The van der Waals surface area contributed by atoms with E-state index in [9.17, 15) is 14.4 Å². The Morgan fingerprint density at radius 2 is 0.929 bits per heavy atom. The molecule has 11 nitrogen and oxygen atoms in total. The molecule has 0 bridgehead atoms. The molecule has 0 amide bonds. The fourth-order valence-corrected chi connectivity index (χ4v) is 3.74. The van der Waals surface area contributed by atoms with Gasteiger partial charge >= 0.3 is 17.9 Å². The Morgan fingerprint density at radius 3 is 1.33 bits per heavy atom. The maximum absolute atomic E-state index is 11.7. The number of ether oxygens (including phenoxy) is 8. The number of hydrogen-bond donors (Lipinski definition) is 0. The summed E-state index contributed by atoms with van der Waals surface area (Å²) in [6.07, 6.45) is 1.97. The van der Waals surface area contributed by atoms with Crippen LogP contribution in [0, 0.1) is 5.41 Å². The van der Waals surface area contributed by atoms with E-state index in [0.717, 1.165) is 18.4 Å². The highest BCUT2D eigenvalue weighted by molar-refractivity contribution is 5.70. The molecule has 1 aromatic carbocycles. The van der Waals surface area contributed by atoms with Gasteiger partial charge in [0.1, 0.15) is 0 Å². The van der Waals surface area contributed by atoms with Crippen LogP contribution in [0.25, 0.3) is 0 Å². The minimum atomic E-state index is -0.748. The fourth-order valence-electron chi connectivity index (χ4n) is 3.74. The van der Waals surface area contributed by atoms with E-state index < -0.39 is 5.41 Å². The van der Waals surface area contributed by atoms with Crippen LogP contribution >= 0.6 is 0 Å². The minimum Gasteiger partial charge on any atom is -0.466 e. The second-order valence-electron chi connectivity index (χ2n) is 9.62. The van der Waals surface area contributed by atoms with Crippen molar-refractivity contribution in [3.05, 3.63) is 35.9 Å². The molecule has 42 heavy (non-hydrogen) atoms. The van der Waals surface area contributed by atoms with Gasteiger partial charge in [0.15, 0.2) is 0 Å². The molecule has 0 N–H and O–H groups in total. The first-order chi connectivity index (χ1) is 20.4. The van der Waals surface area contributed by atoms with Crippen LogP contribution in [-0.2, 0) is 58.9 Å². The highest BCUT2D eigenvalue weighted by Crippen LogP contribution is 2.22. The second kappa shape index (κ2) is 25.0. The molecule has 0 aliphatic carbocycles. The van der Waals surface area contributed by atoms with E-state index in [1.807, 2.05) is 30.3 Å². The Bertz CT molecular complexity index is 767. The number of carbonyl (C=O) groups excluding carboxylic acids is 3. The van der Waals surface area contributed by atoms with Crippen LogP contribution in [0.15, 0.2) is 30.3 Å². The van der Waals surface area contributed by atoms with Gasteiger partial charge in [0.25, 0.3) is 0 Å². The van der Waals surface area contributed by atoms with Crippen LogP contribution < -0.4 is 0 Å². The fraction of sp³-hybridized carbons (Fsp3) is 0.710. The predicted molar refractivity (Wildman–Crippen MR) is 155 cm³/mol. The molecule has 0 aliphatic heterocycles. The smallest absolute Gasteiger partial charge is 0.308 e. The summed E-state index contributed by atoms with van der Waals surface area (Å²) in [7, 11) is 0. The van der Waals surface area contributed by atoms with Crippen molar-refractivity contribution >= 4 is 17.9 Å². The Kier molecular flexibility index (Phi) is 22.3. The molecule has 0 heterocycles. The SMILES string of the molecule is CCOC(=O)CCOCC(COCCCCOCc1ccccc1)(COCCC(=O)OCC)COCCC(=O)OCC. The van der Waals surface area contributed by atoms with E-state index in [2.05, 4.69) is 0 Å². The summed E-state index contributed by atoms with van der Waals surface area (Å²) in [5.74, 6) is -1.03. The first-order valence-corrected chi connectivity index (χ1v) is 14.8. The van der Waals surface area contributed by atoms with Crippen LogP contribution in [0.2, 0.25) is 0 Å². The van der Waals surface area contributed by atoms with Crippen molar-refractivity contribution in [2.75, 3.05) is 79.3 Å². The average molecular weight is 599 g/mol. The van der Waals surface area contributed by atoms with Crippen LogP contribution in [0.1, 0.15) is 58.4 Å². The molecule has 0 radical (unpaired) electrons. The summed E-state index contributed by atoms with van der Waals surface area (Å²) >= 11 is 0. The summed E-state index contributed by atoms with van der Waals surface area (Å²) in [5, 5.41) is 0. The molecule has 0 fully saturated rings. The third kappa shape index (κ3) is 19.5. The molecule has 240 valence electrons. The normalized spacial score (nSPS) is 11.3. The van der Waals surface area contributed by atoms with Crippen LogP contribution in [0.5, 0.6) is 0 Å². The number of carbonyl (C=O) groups is 3. The molecule has 0 atom stereocenters. The van der Waals surface area contributed by atoms with Gasteiger partial charge < -0.3 is 37.9 Å². The van der Waals surface area contributed by atoms with Gasteiger partial charge in [-0.15, -0.1) is 0 Å². The van der Waals surface area contributed by atoms with E-state index in [-0.39, 0.29) is 83.4 Å². The number of rotatable bonds is 27. The highest BCUT2D eigenvalue weighted by Gasteiger charge is 2.33. The number of hydrogen-bond acceptors (Lipinski definition) is 11. The lowest BCUT2D eigenvalue weighted by Gasteiger charge is -2.33. The topological polar surface area (TPSA) is 125 Å². The van der Waals surface area contributed by atoms with Gasteiger partial charge in [-0.25, -0.2) is 0 Å². The van der Waals surface area contributed by atoms with Crippen molar-refractivity contribution < 1.29 is 52.3 Å². The van der Waals surface area contributed by atoms with Gasteiger partial charge in [-0.05, 0) is 39.2 Å². The Labute approximate surface area is 250 Å². The molecule has 0 aromatic heterocycles. The standard InChI is InChI=1S/C31H50O11/c1-4-40-28(32)14-19-37-24-31(25-38-20-15-29(33)41-5-2,26-39-21-16-30(34)42-6-3)23-36-18-11-10-17-35-22-27-12-8-7-9-13-27/h7-9,12-13H,4-6,10-11,14-26H2,1-3H3. The van der Waals surface area contributed by atoms with Gasteiger partial charge in [-0.2, -0.15) is 0 Å². The van der Waals surface area contributed by atoms with Gasteiger partial charge in [0.05, 0.1) is 97.4 Å². The van der Waals surface area contributed by atoms with E-state index >= 15 is 0 Å². The maximum atomic E-state index is 11.7. The maximum Gasteiger partial charge on any atom is 0.308 e. The lowest BCUT2D eigenvalue weighted by molar-refractivity contribution is -0.147. The average Bonchev–Trinajstić information content (AvgIpc) is 2.98. The van der Waals surface area contributed by atoms with Crippen molar-refractivity contribution in [1.82, 2.24) is 0 Å². The minimum absolute atomic E-state index is 0.112. The molecule has 1 aromatic rings. The molecule has 0 aliphatic rings. The number of unbranched alkanes of at least 4 members (excludes halogenated alkanes) is 1. The monoisotopic (exact) mass is 598 g/mol. The Balaban J connectivity index is 2.67. The van der Waals surface area contributed by atoms with Crippen LogP contribution in [-0.4, -0.2) is 97.2 Å². The van der Waals surface area contributed by atoms with Gasteiger partial charge in [-0.1, -0.05) is 30.3 Å². The third-order valence-electron chi connectivity index (χ3n) is 5.84. The molecule has 0 unspecified atom stereocenters. The zero-order chi connectivity index (χ0) is 30.7. The predicted octanol–water partition coefficient (Wildman–Crippen LogP) is 3.90. The summed E-state index contributed by atoms with van der Waals surface area (Å²) < 4.78 is 44.3. The van der Waals surface area contributed by atoms with Crippen molar-refractivity contribution in [3.8, 4) is 0 Å². The van der Waals surface area contributed by atoms with E-state index in [4.69, 9.17) is 37.9 Å². The number of benzene rings is 1. The van der Waals surface area contributed by atoms with E-state index in [0.29, 0.717) is 39.6 Å². The third-order valence-corrected chi connectivity index (χ3v) is 5.84. The Hall–Kier alpha value is -2.57. The summed E-state index contributed by atoms with van der Waals surface area (Å²) in [6, 6.07) is 10.0. The summed E-state index contributed by atoms with van der Waals surface area (Å²) in [5.41, 5.74) is 0.384. The first-order valence-electron chi connectivity index (χ1n) is 14.8. The number of esters is 3. The molecular weight excluding hydrogens is 548 g/mol.